The molecule has 0 aromatic heterocycles. The van der Waals surface area contributed by atoms with Crippen LogP contribution >= 0.6 is 0 Å². The lowest BCUT2D eigenvalue weighted by atomic mass is 10.1. The molecule has 2 rings (SSSR count). The summed E-state index contributed by atoms with van der Waals surface area (Å²) in [4.78, 5) is 21.4. The fourth-order valence-electron chi connectivity index (χ4n) is 2.34. The minimum atomic E-state index is -3.77. The largest absolute Gasteiger partial charge is 0.479 e. The van der Waals surface area contributed by atoms with Crippen molar-refractivity contribution in [3.8, 4) is 17.6 Å². The number of benzene rings is 2. The number of carboxylic acid groups (broad SMARTS) is 2. The molecule has 0 heterocycles. The van der Waals surface area contributed by atoms with E-state index in [4.69, 9.17) is 24.9 Å². The van der Waals surface area contributed by atoms with Gasteiger partial charge in [-0.1, -0.05) is 6.07 Å². The van der Waals surface area contributed by atoms with Crippen LogP contribution in [0.1, 0.15) is 11.1 Å². The molecule has 0 bridgehead atoms. The van der Waals surface area contributed by atoms with Crippen LogP contribution in [0.25, 0.3) is 0 Å². The molecule has 0 unspecified atom stereocenters. The van der Waals surface area contributed by atoms with E-state index < -0.39 is 35.2 Å². The number of rotatable bonds is 11. The Balaban J connectivity index is 2.05. The highest BCUT2D eigenvalue weighted by molar-refractivity contribution is 7.89. The molecule has 0 radical (unpaired) electrons. The number of hydrogen-bond acceptors (Lipinski definition) is 7. The maximum absolute atomic E-state index is 12.3. The molecular formula is C19H18N2O8S. The summed E-state index contributed by atoms with van der Waals surface area (Å²) in [5.41, 5.74) is 0.952. The molecule has 0 aliphatic heterocycles. The molecule has 0 aliphatic carbocycles. The Labute approximate surface area is 172 Å². The van der Waals surface area contributed by atoms with Gasteiger partial charge in [-0.2, -0.15) is 5.26 Å². The SMILES string of the molecule is N#Cc1ccc(S(=O)(=O)NCCc2ccc(OCC(=O)O)c(OCC(=O)O)c2)cc1. The average molecular weight is 434 g/mol. The number of nitriles is 1. The highest BCUT2D eigenvalue weighted by atomic mass is 32.2. The number of carbonyl (C=O) groups is 2. The van der Waals surface area contributed by atoms with Gasteiger partial charge in [0, 0.05) is 6.54 Å². The zero-order valence-corrected chi connectivity index (χ0v) is 16.4. The van der Waals surface area contributed by atoms with E-state index in [9.17, 15) is 18.0 Å². The van der Waals surface area contributed by atoms with E-state index in [1.165, 1.54) is 36.4 Å². The molecule has 3 N–H and O–H groups in total. The normalized spacial score (nSPS) is 10.8. The number of ether oxygens (including phenoxy) is 2. The van der Waals surface area contributed by atoms with Gasteiger partial charge < -0.3 is 19.7 Å². The Morgan fingerprint density at radius 3 is 2.13 bits per heavy atom. The monoisotopic (exact) mass is 434 g/mol. The zero-order valence-electron chi connectivity index (χ0n) is 15.6. The Morgan fingerprint density at radius 2 is 1.57 bits per heavy atom. The second-order valence-electron chi connectivity index (χ2n) is 5.93. The number of hydrogen-bond donors (Lipinski definition) is 3. The van der Waals surface area contributed by atoms with Crippen molar-refractivity contribution in [2.75, 3.05) is 19.8 Å². The van der Waals surface area contributed by atoms with Crippen molar-refractivity contribution in [2.24, 2.45) is 0 Å². The minimum absolute atomic E-state index is 0.0180. The van der Waals surface area contributed by atoms with Crippen molar-refractivity contribution in [3.05, 3.63) is 53.6 Å². The van der Waals surface area contributed by atoms with Crippen molar-refractivity contribution >= 4 is 22.0 Å². The summed E-state index contributed by atoms with van der Waals surface area (Å²) in [6.07, 6.45) is 0.248. The van der Waals surface area contributed by atoms with Crippen LogP contribution in [0.2, 0.25) is 0 Å². The maximum Gasteiger partial charge on any atom is 0.341 e. The summed E-state index contributed by atoms with van der Waals surface area (Å²) in [6, 6.07) is 11.8. The molecule has 0 saturated carbocycles. The zero-order chi connectivity index (χ0) is 22.1. The number of nitrogens with one attached hydrogen (secondary N) is 1. The first-order valence-corrected chi connectivity index (χ1v) is 10.0. The predicted octanol–water partition coefficient (Wildman–Crippen LogP) is 1.01. The lowest BCUT2D eigenvalue weighted by Gasteiger charge is -2.13. The van der Waals surface area contributed by atoms with Gasteiger partial charge in [0.1, 0.15) is 0 Å². The summed E-state index contributed by atoms with van der Waals surface area (Å²) in [5.74, 6) is -2.34. The van der Waals surface area contributed by atoms with Gasteiger partial charge in [-0.15, -0.1) is 0 Å². The van der Waals surface area contributed by atoms with Gasteiger partial charge in [-0.25, -0.2) is 22.7 Å². The topological polar surface area (TPSA) is 163 Å². The first kappa shape index (κ1) is 22.7. The van der Waals surface area contributed by atoms with Crippen LogP contribution in [0.15, 0.2) is 47.4 Å². The molecule has 0 atom stereocenters. The molecule has 158 valence electrons. The fraction of sp³-hybridized carbons (Fsp3) is 0.211. The van der Waals surface area contributed by atoms with Crippen LogP contribution in [0.4, 0.5) is 0 Å². The van der Waals surface area contributed by atoms with E-state index in [2.05, 4.69) is 4.72 Å². The highest BCUT2D eigenvalue weighted by Crippen LogP contribution is 2.28. The third kappa shape index (κ3) is 6.77. The average Bonchev–Trinajstić information content (AvgIpc) is 2.71. The van der Waals surface area contributed by atoms with Gasteiger partial charge in [-0.3, -0.25) is 0 Å². The molecule has 11 heteroatoms. The van der Waals surface area contributed by atoms with Gasteiger partial charge in [0.2, 0.25) is 10.0 Å². The van der Waals surface area contributed by atoms with Crippen molar-refractivity contribution in [1.82, 2.24) is 4.72 Å². The number of carboxylic acids is 2. The van der Waals surface area contributed by atoms with Crippen LogP contribution in [-0.4, -0.2) is 50.3 Å². The van der Waals surface area contributed by atoms with Crippen molar-refractivity contribution < 1.29 is 37.7 Å². The minimum Gasteiger partial charge on any atom is -0.479 e. The molecule has 0 fully saturated rings. The predicted molar refractivity (Wildman–Crippen MR) is 103 cm³/mol. The fourth-order valence-corrected chi connectivity index (χ4v) is 3.37. The van der Waals surface area contributed by atoms with E-state index >= 15 is 0 Å². The standard InChI is InChI=1S/C19H18N2O8S/c20-10-14-1-4-15(5-2-14)30(26,27)21-8-7-13-3-6-16(28-11-18(22)23)17(9-13)29-12-19(24)25/h1-6,9,21H,7-8,11-12H2,(H,22,23)(H,24,25). The lowest BCUT2D eigenvalue weighted by molar-refractivity contribution is -0.140. The van der Waals surface area contributed by atoms with Crippen LogP contribution in [0.5, 0.6) is 11.5 Å². The van der Waals surface area contributed by atoms with E-state index in [1.54, 1.807) is 6.07 Å². The summed E-state index contributed by atoms with van der Waals surface area (Å²) >= 11 is 0. The first-order chi connectivity index (χ1) is 14.2. The Kier molecular flexibility index (Phi) is 7.74. The summed E-state index contributed by atoms with van der Waals surface area (Å²) in [7, 11) is -3.77. The third-order valence-corrected chi connectivity index (χ3v) is 5.19. The highest BCUT2D eigenvalue weighted by Gasteiger charge is 2.14. The Hall–Kier alpha value is -3.62. The molecule has 0 saturated heterocycles. The van der Waals surface area contributed by atoms with E-state index in [-0.39, 0.29) is 29.4 Å². The first-order valence-electron chi connectivity index (χ1n) is 8.53. The van der Waals surface area contributed by atoms with Crippen LogP contribution < -0.4 is 14.2 Å². The third-order valence-electron chi connectivity index (χ3n) is 3.71. The smallest absolute Gasteiger partial charge is 0.341 e. The molecule has 0 amide bonds. The molecular weight excluding hydrogens is 416 g/mol. The molecule has 2 aromatic carbocycles. The lowest BCUT2D eigenvalue weighted by Crippen LogP contribution is -2.26. The Morgan fingerprint density at radius 1 is 0.967 bits per heavy atom. The van der Waals surface area contributed by atoms with Crippen molar-refractivity contribution in [3.63, 3.8) is 0 Å². The van der Waals surface area contributed by atoms with E-state index in [0.29, 0.717) is 11.1 Å². The second kappa shape index (κ2) is 10.2. The van der Waals surface area contributed by atoms with Crippen molar-refractivity contribution in [1.29, 1.82) is 5.26 Å². The number of nitrogens with zero attached hydrogens (tertiary/aromatic N) is 1. The van der Waals surface area contributed by atoms with E-state index in [0.717, 1.165) is 0 Å². The summed E-state index contributed by atoms with van der Waals surface area (Å²) in [5, 5.41) is 26.3. The number of sulfonamides is 1. The van der Waals surface area contributed by atoms with Gasteiger partial charge in [0.25, 0.3) is 0 Å². The van der Waals surface area contributed by atoms with Crippen LogP contribution in [0.3, 0.4) is 0 Å². The molecule has 30 heavy (non-hydrogen) atoms. The quantitative estimate of drug-likeness (QED) is 0.468. The Bertz CT molecular complexity index is 1060. The van der Waals surface area contributed by atoms with Gasteiger partial charge in [0.15, 0.2) is 24.7 Å². The molecule has 10 nitrogen and oxygen atoms in total. The molecule has 0 spiro atoms. The summed E-state index contributed by atoms with van der Waals surface area (Å²) in [6.45, 7) is -1.25. The number of aliphatic carboxylic acids is 2. The van der Waals surface area contributed by atoms with Gasteiger partial charge >= 0.3 is 11.9 Å². The van der Waals surface area contributed by atoms with Crippen LogP contribution in [0, 0.1) is 11.3 Å². The van der Waals surface area contributed by atoms with Gasteiger partial charge in [0.05, 0.1) is 16.5 Å². The summed E-state index contributed by atoms with van der Waals surface area (Å²) < 4.78 is 37.2. The van der Waals surface area contributed by atoms with Crippen molar-refractivity contribution in [2.45, 2.75) is 11.3 Å². The molecule has 0 aliphatic rings. The maximum atomic E-state index is 12.3. The van der Waals surface area contributed by atoms with Crippen LogP contribution in [-0.2, 0) is 26.0 Å². The second-order valence-corrected chi connectivity index (χ2v) is 7.70. The molecule has 2 aromatic rings. The van der Waals surface area contributed by atoms with Gasteiger partial charge in [-0.05, 0) is 48.4 Å². The van der Waals surface area contributed by atoms with E-state index in [1.807, 2.05) is 6.07 Å².